The van der Waals surface area contributed by atoms with Gasteiger partial charge >= 0.3 is 0 Å². The number of rotatable bonds is 5. The Bertz CT molecular complexity index is 650. The molecule has 10 heteroatoms. The van der Waals surface area contributed by atoms with E-state index in [1.54, 1.807) is 0 Å². The van der Waals surface area contributed by atoms with Gasteiger partial charge < -0.3 is 31.1 Å². The normalized spacial score (nSPS) is 28.4. The lowest BCUT2D eigenvalue weighted by Crippen LogP contribution is -2.33. The van der Waals surface area contributed by atoms with Gasteiger partial charge in [0.15, 0.2) is 23.2 Å². The van der Waals surface area contributed by atoms with Crippen molar-refractivity contribution in [3.63, 3.8) is 0 Å². The van der Waals surface area contributed by atoms with Crippen molar-refractivity contribution in [2.45, 2.75) is 24.5 Å². The summed E-state index contributed by atoms with van der Waals surface area (Å²) >= 11 is 0. The molecule has 2 aromatic rings. The Labute approximate surface area is 125 Å². The molecule has 2 aromatic heterocycles. The van der Waals surface area contributed by atoms with E-state index in [0.717, 1.165) is 0 Å². The van der Waals surface area contributed by atoms with Gasteiger partial charge in [0.25, 0.3) is 0 Å². The minimum absolute atomic E-state index is 0.389. The number of imidazole rings is 1. The second kappa shape index (κ2) is 6.10. The van der Waals surface area contributed by atoms with Crippen molar-refractivity contribution in [3.8, 4) is 0 Å². The van der Waals surface area contributed by atoms with Crippen LogP contribution in [-0.4, -0.2) is 72.8 Å². The van der Waals surface area contributed by atoms with Crippen LogP contribution in [0.4, 0.5) is 5.82 Å². The van der Waals surface area contributed by atoms with Crippen molar-refractivity contribution in [3.05, 3.63) is 12.7 Å². The number of nitrogens with two attached hydrogens (primary N) is 1. The topological polar surface area (TPSA) is 152 Å². The van der Waals surface area contributed by atoms with Crippen LogP contribution in [0.3, 0.4) is 0 Å². The molecule has 3 heterocycles. The summed E-state index contributed by atoms with van der Waals surface area (Å²) in [6.45, 7) is 0.591. The highest BCUT2D eigenvalue weighted by molar-refractivity contribution is 5.82. The van der Waals surface area contributed by atoms with Gasteiger partial charge in [-0.15, -0.1) is 0 Å². The van der Waals surface area contributed by atoms with E-state index in [1.807, 2.05) is 0 Å². The molecule has 3 rings (SSSR count). The molecular formula is C12H18N6O4. The van der Waals surface area contributed by atoms with Gasteiger partial charge in [-0.3, -0.25) is 4.57 Å². The quantitative estimate of drug-likeness (QED) is 0.414. The molecule has 0 aromatic carbocycles. The van der Waals surface area contributed by atoms with Gasteiger partial charge in [-0.05, 0) is 0 Å². The number of hydrogen-bond donors (Lipinski definition) is 5. The Hall–Kier alpha value is -1.85. The minimum atomic E-state index is -1.19. The fourth-order valence-electron chi connectivity index (χ4n) is 2.47. The van der Waals surface area contributed by atoms with Crippen LogP contribution < -0.4 is 11.1 Å². The van der Waals surface area contributed by atoms with Gasteiger partial charge in [-0.1, -0.05) is 0 Å². The number of hydrogen-bond acceptors (Lipinski definition) is 9. The molecule has 0 saturated carbocycles. The van der Waals surface area contributed by atoms with Crippen LogP contribution in [0.25, 0.3) is 11.2 Å². The predicted molar refractivity (Wildman–Crippen MR) is 75.9 cm³/mol. The Morgan fingerprint density at radius 1 is 1.27 bits per heavy atom. The third-order valence-corrected chi connectivity index (χ3v) is 3.59. The molecule has 120 valence electrons. The largest absolute Gasteiger partial charge is 0.394 e. The van der Waals surface area contributed by atoms with E-state index in [0.29, 0.717) is 30.1 Å². The summed E-state index contributed by atoms with van der Waals surface area (Å²) in [5, 5.41) is 32.1. The summed E-state index contributed by atoms with van der Waals surface area (Å²) in [7, 11) is 0. The minimum Gasteiger partial charge on any atom is -0.394 e. The molecule has 22 heavy (non-hydrogen) atoms. The van der Waals surface area contributed by atoms with E-state index in [9.17, 15) is 10.2 Å². The summed E-state index contributed by atoms with van der Waals surface area (Å²) in [6, 6.07) is 0. The lowest BCUT2D eigenvalue weighted by Gasteiger charge is -2.16. The molecular weight excluding hydrogens is 292 g/mol. The zero-order valence-corrected chi connectivity index (χ0v) is 11.7. The van der Waals surface area contributed by atoms with Crippen molar-refractivity contribution in [2.24, 2.45) is 5.73 Å². The molecule has 0 bridgehead atoms. The second-order valence-electron chi connectivity index (χ2n) is 4.99. The molecule has 0 aliphatic carbocycles. The molecule has 0 amide bonds. The third kappa shape index (κ3) is 2.40. The van der Waals surface area contributed by atoms with Crippen LogP contribution in [0.1, 0.15) is 6.23 Å². The average molecular weight is 310 g/mol. The maximum absolute atomic E-state index is 10.1. The van der Waals surface area contributed by atoms with E-state index in [1.165, 1.54) is 17.2 Å². The van der Waals surface area contributed by atoms with Gasteiger partial charge in [0.05, 0.1) is 12.9 Å². The predicted octanol–water partition coefficient (Wildman–Crippen LogP) is -2.19. The van der Waals surface area contributed by atoms with Gasteiger partial charge in [-0.25, -0.2) is 15.0 Å². The SMILES string of the molecule is NCCNc1ncnc2c1ncn2C1O[C@H](CO)[C@@H](O)[C@H]1O. The van der Waals surface area contributed by atoms with E-state index in [2.05, 4.69) is 20.3 Å². The molecule has 0 spiro atoms. The smallest absolute Gasteiger partial charge is 0.167 e. The fraction of sp³-hybridized carbons (Fsp3) is 0.583. The Balaban J connectivity index is 1.95. The number of fused-ring (bicyclic) bond motifs is 1. The molecule has 1 unspecified atom stereocenters. The van der Waals surface area contributed by atoms with Crippen LogP contribution in [-0.2, 0) is 4.74 Å². The lowest BCUT2D eigenvalue weighted by atomic mass is 10.1. The van der Waals surface area contributed by atoms with Gasteiger partial charge in [0, 0.05) is 13.1 Å². The number of anilines is 1. The number of nitrogens with one attached hydrogen (secondary N) is 1. The zero-order chi connectivity index (χ0) is 15.7. The summed E-state index contributed by atoms with van der Waals surface area (Å²) in [4.78, 5) is 12.5. The zero-order valence-electron chi connectivity index (χ0n) is 11.7. The molecule has 1 aliphatic heterocycles. The highest BCUT2D eigenvalue weighted by Gasteiger charge is 2.43. The van der Waals surface area contributed by atoms with Crippen LogP contribution in [0.15, 0.2) is 12.7 Å². The highest BCUT2D eigenvalue weighted by atomic mass is 16.6. The summed E-state index contributed by atoms with van der Waals surface area (Å²) in [5.74, 6) is 0.529. The number of aliphatic hydroxyl groups is 3. The molecule has 0 radical (unpaired) electrons. The van der Waals surface area contributed by atoms with Crippen LogP contribution in [0.2, 0.25) is 0 Å². The van der Waals surface area contributed by atoms with Crippen molar-refractivity contribution < 1.29 is 20.1 Å². The summed E-state index contributed by atoms with van der Waals surface area (Å²) in [5.41, 5.74) is 6.41. The fourth-order valence-corrected chi connectivity index (χ4v) is 2.47. The Kier molecular flexibility index (Phi) is 4.18. The van der Waals surface area contributed by atoms with Crippen molar-refractivity contribution in [1.82, 2.24) is 19.5 Å². The first-order chi connectivity index (χ1) is 10.7. The van der Waals surface area contributed by atoms with Crippen LogP contribution >= 0.6 is 0 Å². The van der Waals surface area contributed by atoms with E-state index < -0.39 is 24.5 Å². The van der Waals surface area contributed by atoms with Crippen LogP contribution in [0.5, 0.6) is 0 Å². The molecule has 6 N–H and O–H groups in total. The standard InChI is InChI=1S/C12H18N6O4/c13-1-2-14-10-7-11(16-4-15-10)18(5-17-7)12-9(21)8(20)6(3-19)22-12/h4-6,8-9,12,19-21H,1-3,13H2,(H,14,15,16)/t6-,8-,9-,12?/m1/s1. The Morgan fingerprint density at radius 3 is 2.77 bits per heavy atom. The maximum Gasteiger partial charge on any atom is 0.167 e. The lowest BCUT2D eigenvalue weighted by molar-refractivity contribution is -0.0511. The first-order valence-corrected chi connectivity index (χ1v) is 6.91. The third-order valence-electron chi connectivity index (χ3n) is 3.59. The highest BCUT2D eigenvalue weighted by Crippen LogP contribution is 2.31. The first-order valence-electron chi connectivity index (χ1n) is 6.91. The van der Waals surface area contributed by atoms with Crippen LogP contribution in [0, 0.1) is 0 Å². The second-order valence-corrected chi connectivity index (χ2v) is 4.99. The van der Waals surface area contributed by atoms with Gasteiger partial charge in [0.2, 0.25) is 0 Å². The average Bonchev–Trinajstić information content (AvgIpc) is 3.08. The summed E-state index contributed by atoms with van der Waals surface area (Å²) in [6.07, 6.45) is -1.29. The number of ether oxygens (including phenoxy) is 1. The molecule has 10 nitrogen and oxygen atoms in total. The molecule has 1 saturated heterocycles. The number of aliphatic hydroxyl groups excluding tert-OH is 3. The van der Waals surface area contributed by atoms with Crippen molar-refractivity contribution in [1.29, 1.82) is 0 Å². The van der Waals surface area contributed by atoms with E-state index in [-0.39, 0.29) is 6.61 Å². The first kappa shape index (κ1) is 15.1. The molecule has 1 fully saturated rings. The van der Waals surface area contributed by atoms with E-state index in [4.69, 9.17) is 15.6 Å². The monoisotopic (exact) mass is 310 g/mol. The van der Waals surface area contributed by atoms with Gasteiger partial charge in [-0.2, -0.15) is 0 Å². The van der Waals surface area contributed by atoms with Gasteiger partial charge in [0.1, 0.15) is 24.6 Å². The molecule has 1 aliphatic rings. The number of nitrogens with zero attached hydrogens (tertiary/aromatic N) is 4. The maximum atomic E-state index is 10.1. The summed E-state index contributed by atoms with van der Waals surface area (Å²) < 4.78 is 6.99. The Morgan fingerprint density at radius 2 is 2.09 bits per heavy atom. The number of aromatic nitrogens is 4. The van der Waals surface area contributed by atoms with Crippen molar-refractivity contribution >= 4 is 17.0 Å². The van der Waals surface area contributed by atoms with Crippen molar-refractivity contribution in [2.75, 3.05) is 25.0 Å². The molecule has 4 atom stereocenters. The van der Waals surface area contributed by atoms with E-state index >= 15 is 0 Å².